The van der Waals surface area contributed by atoms with Gasteiger partial charge in [-0.2, -0.15) is 0 Å². The number of rotatable bonds is 2. The van der Waals surface area contributed by atoms with Crippen LogP contribution in [0.3, 0.4) is 0 Å². The van der Waals surface area contributed by atoms with Gasteiger partial charge in [0, 0.05) is 18.0 Å². The van der Waals surface area contributed by atoms with Crippen LogP contribution in [0.15, 0.2) is 12.1 Å². The summed E-state index contributed by atoms with van der Waals surface area (Å²) in [5.74, 6) is 0. The van der Waals surface area contributed by atoms with E-state index in [-0.39, 0.29) is 12.1 Å². The van der Waals surface area contributed by atoms with Crippen molar-refractivity contribution in [3.63, 3.8) is 0 Å². The molecule has 2 unspecified atom stereocenters. The summed E-state index contributed by atoms with van der Waals surface area (Å²) in [4.78, 5) is 3.34. The summed E-state index contributed by atoms with van der Waals surface area (Å²) in [7, 11) is 2.09. The molecule has 5 heteroatoms. The molecular formula is C10H15ClN2OS. The number of hydrogen-bond donors (Lipinski definition) is 1. The van der Waals surface area contributed by atoms with Crippen LogP contribution >= 0.6 is 22.9 Å². The van der Waals surface area contributed by atoms with E-state index >= 15 is 0 Å². The van der Waals surface area contributed by atoms with Gasteiger partial charge in [0.1, 0.15) is 0 Å². The fourth-order valence-electron chi connectivity index (χ4n) is 1.72. The predicted octanol–water partition coefficient (Wildman–Crippen LogP) is 1.73. The zero-order valence-electron chi connectivity index (χ0n) is 8.65. The van der Waals surface area contributed by atoms with Crippen molar-refractivity contribution in [2.24, 2.45) is 5.73 Å². The molecule has 15 heavy (non-hydrogen) atoms. The fourth-order valence-corrected chi connectivity index (χ4v) is 2.83. The van der Waals surface area contributed by atoms with Crippen LogP contribution in [0.25, 0.3) is 0 Å². The Bertz CT molecular complexity index is 331. The van der Waals surface area contributed by atoms with Crippen LogP contribution in [0.4, 0.5) is 0 Å². The third kappa shape index (κ3) is 2.71. The fraction of sp³-hybridized carbons (Fsp3) is 0.600. The molecule has 2 N–H and O–H groups in total. The average Bonchev–Trinajstić information content (AvgIpc) is 2.64. The highest BCUT2D eigenvalue weighted by atomic mass is 35.5. The molecule has 1 aliphatic heterocycles. The van der Waals surface area contributed by atoms with Crippen molar-refractivity contribution < 1.29 is 4.74 Å². The van der Waals surface area contributed by atoms with E-state index in [4.69, 9.17) is 22.1 Å². The standard InChI is InChI=1S/C10H15ClN2OS/c1-13-4-5-14-7(6-13)10(12)8-2-3-9(11)15-8/h2-3,7,10H,4-6,12H2,1H3. The Morgan fingerprint density at radius 3 is 3.07 bits per heavy atom. The van der Waals surface area contributed by atoms with Gasteiger partial charge in [-0.05, 0) is 19.2 Å². The van der Waals surface area contributed by atoms with Gasteiger partial charge in [0.2, 0.25) is 0 Å². The van der Waals surface area contributed by atoms with Crippen LogP contribution < -0.4 is 5.73 Å². The Kier molecular flexibility index (Phi) is 3.64. The summed E-state index contributed by atoms with van der Waals surface area (Å²) >= 11 is 7.42. The molecule has 0 spiro atoms. The molecule has 1 aromatic rings. The van der Waals surface area contributed by atoms with Gasteiger partial charge in [0.25, 0.3) is 0 Å². The van der Waals surface area contributed by atoms with Gasteiger partial charge >= 0.3 is 0 Å². The second kappa shape index (κ2) is 4.80. The zero-order valence-corrected chi connectivity index (χ0v) is 10.2. The average molecular weight is 247 g/mol. The summed E-state index contributed by atoms with van der Waals surface area (Å²) in [6, 6.07) is 3.80. The maximum absolute atomic E-state index is 6.15. The molecule has 1 aromatic heterocycles. The van der Waals surface area contributed by atoms with E-state index in [2.05, 4.69) is 11.9 Å². The quantitative estimate of drug-likeness (QED) is 0.864. The summed E-state index contributed by atoms with van der Waals surface area (Å²) in [5, 5.41) is 0. The van der Waals surface area contributed by atoms with Gasteiger partial charge in [0.15, 0.2) is 0 Å². The first-order valence-corrected chi connectivity index (χ1v) is 6.17. The summed E-state index contributed by atoms with van der Waals surface area (Å²) in [6.45, 7) is 2.62. The molecule has 2 atom stereocenters. The van der Waals surface area contributed by atoms with Crippen molar-refractivity contribution in [1.82, 2.24) is 4.90 Å². The Morgan fingerprint density at radius 1 is 1.67 bits per heavy atom. The van der Waals surface area contributed by atoms with E-state index in [1.807, 2.05) is 12.1 Å². The molecule has 1 fully saturated rings. The van der Waals surface area contributed by atoms with E-state index < -0.39 is 0 Å². The first kappa shape index (κ1) is 11.4. The van der Waals surface area contributed by atoms with E-state index in [9.17, 15) is 0 Å². The number of nitrogens with zero attached hydrogens (tertiary/aromatic N) is 1. The number of thiophene rings is 1. The molecule has 0 aliphatic carbocycles. The van der Waals surface area contributed by atoms with Crippen LogP contribution in [-0.2, 0) is 4.74 Å². The SMILES string of the molecule is CN1CCOC(C(N)c2ccc(Cl)s2)C1. The number of halogens is 1. The van der Waals surface area contributed by atoms with Crippen LogP contribution in [-0.4, -0.2) is 37.7 Å². The lowest BCUT2D eigenvalue weighted by Crippen LogP contribution is -2.45. The summed E-state index contributed by atoms with van der Waals surface area (Å²) in [5.41, 5.74) is 6.15. The molecule has 2 heterocycles. The zero-order chi connectivity index (χ0) is 10.8. The largest absolute Gasteiger partial charge is 0.374 e. The first-order valence-electron chi connectivity index (χ1n) is 4.98. The van der Waals surface area contributed by atoms with Crippen LogP contribution in [0.2, 0.25) is 4.34 Å². The predicted molar refractivity (Wildman–Crippen MR) is 63.5 cm³/mol. The lowest BCUT2D eigenvalue weighted by atomic mass is 10.1. The molecule has 3 nitrogen and oxygen atoms in total. The Morgan fingerprint density at radius 2 is 2.47 bits per heavy atom. The van der Waals surface area contributed by atoms with Gasteiger partial charge in [-0.3, -0.25) is 0 Å². The van der Waals surface area contributed by atoms with Crippen molar-refractivity contribution in [3.8, 4) is 0 Å². The highest BCUT2D eigenvalue weighted by Crippen LogP contribution is 2.29. The number of ether oxygens (including phenoxy) is 1. The molecular weight excluding hydrogens is 232 g/mol. The maximum Gasteiger partial charge on any atom is 0.0931 e. The molecule has 0 bridgehead atoms. The number of morpholine rings is 1. The minimum atomic E-state index is -0.0646. The van der Waals surface area contributed by atoms with Gasteiger partial charge in [-0.15, -0.1) is 11.3 Å². The van der Waals surface area contributed by atoms with Gasteiger partial charge < -0.3 is 15.4 Å². The Labute approximate surface area is 98.8 Å². The molecule has 0 saturated carbocycles. The molecule has 0 radical (unpaired) electrons. The lowest BCUT2D eigenvalue weighted by Gasteiger charge is -2.33. The van der Waals surface area contributed by atoms with Crippen molar-refractivity contribution in [2.75, 3.05) is 26.7 Å². The number of likely N-dealkylation sites (N-methyl/N-ethyl adjacent to an activating group) is 1. The molecule has 84 valence electrons. The van der Waals surface area contributed by atoms with Gasteiger partial charge in [-0.1, -0.05) is 11.6 Å². The minimum absolute atomic E-state index is 0.0646. The third-order valence-electron chi connectivity index (χ3n) is 2.62. The van der Waals surface area contributed by atoms with E-state index in [0.29, 0.717) is 0 Å². The molecule has 2 rings (SSSR count). The highest BCUT2D eigenvalue weighted by Gasteiger charge is 2.26. The molecule has 1 aliphatic rings. The topological polar surface area (TPSA) is 38.5 Å². The highest BCUT2D eigenvalue weighted by molar-refractivity contribution is 7.16. The lowest BCUT2D eigenvalue weighted by molar-refractivity contribution is -0.0320. The monoisotopic (exact) mass is 246 g/mol. The van der Waals surface area contributed by atoms with Crippen molar-refractivity contribution >= 4 is 22.9 Å². The molecule has 0 amide bonds. The van der Waals surface area contributed by atoms with Crippen molar-refractivity contribution in [3.05, 3.63) is 21.3 Å². The minimum Gasteiger partial charge on any atom is -0.374 e. The van der Waals surface area contributed by atoms with Crippen LogP contribution in [0.5, 0.6) is 0 Å². The van der Waals surface area contributed by atoms with E-state index in [1.165, 1.54) is 11.3 Å². The smallest absolute Gasteiger partial charge is 0.0931 e. The van der Waals surface area contributed by atoms with E-state index in [0.717, 1.165) is 28.9 Å². The third-order valence-corrected chi connectivity index (χ3v) is 3.95. The Balaban J connectivity index is 2.03. The summed E-state index contributed by atoms with van der Waals surface area (Å²) < 4.78 is 6.45. The van der Waals surface area contributed by atoms with E-state index in [1.54, 1.807) is 0 Å². The van der Waals surface area contributed by atoms with Crippen LogP contribution in [0.1, 0.15) is 10.9 Å². The molecule has 0 aromatic carbocycles. The molecule has 1 saturated heterocycles. The number of nitrogens with two attached hydrogens (primary N) is 1. The Hall–Kier alpha value is -0.130. The summed E-state index contributed by atoms with van der Waals surface area (Å²) in [6.07, 6.45) is 0.0819. The normalized spacial score (nSPS) is 25.4. The maximum atomic E-state index is 6.15. The van der Waals surface area contributed by atoms with Gasteiger partial charge in [-0.25, -0.2) is 0 Å². The first-order chi connectivity index (χ1) is 7.16. The van der Waals surface area contributed by atoms with Gasteiger partial charge in [0.05, 0.1) is 23.1 Å². The second-order valence-electron chi connectivity index (χ2n) is 3.84. The van der Waals surface area contributed by atoms with Crippen molar-refractivity contribution in [2.45, 2.75) is 12.1 Å². The van der Waals surface area contributed by atoms with Crippen LogP contribution in [0, 0.1) is 0 Å². The second-order valence-corrected chi connectivity index (χ2v) is 5.59. The van der Waals surface area contributed by atoms with Crippen molar-refractivity contribution in [1.29, 1.82) is 0 Å². The number of hydrogen-bond acceptors (Lipinski definition) is 4.